The molecule has 2 atom stereocenters. The van der Waals surface area contributed by atoms with Crippen LogP contribution in [0.15, 0.2) is 24.3 Å². The number of hydrogen-bond acceptors (Lipinski definition) is 7. The summed E-state index contributed by atoms with van der Waals surface area (Å²) in [4.78, 5) is 12.3. The fourth-order valence-electron chi connectivity index (χ4n) is 5.65. The SMILES string of the molecule is COc1cc(-c2ccc(NC3(C(=O)O)CCOCC3)cc2CO[C@H]2CCC[C@@H]2OC)c(C)c(OC)c1C. The van der Waals surface area contributed by atoms with Crippen LogP contribution in [0.1, 0.15) is 48.8 Å². The van der Waals surface area contributed by atoms with Gasteiger partial charge in [0.05, 0.1) is 33.0 Å². The topological polar surface area (TPSA) is 95.5 Å². The van der Waals surface area contributed by atoms with E-state index in [1.54, 1.807) is 21.3 Å². The lowest BCUT2D eigenvalue weighted by molar-refractivity contribution is -0.145. The number of rotatable bonds is 10. The van der Waals surface area contributed by atoms with E-state index in [-0.39, 0.29) is 12.2 Å². The molecule has 8 heteroatoms. The summed E-state index contributed by atoms with van der Waals surface area (Å²) < 4.78 is 28.9. The Morgan fingerprint density at radius 3 is 2.41 bits per heavy atom. The number of carboxylic acid groups (broad SMARTS) is 1. The Morgan fingerprint density at radius 2 is 1.76 bits per heavy atom. The molecule has 1 saturated carbocycles. The van der Waals surface area contributed by atoms with E-state index in [1.807, 2.05) is 38.1 Å². The first-order chi connectivity index (χ1) is 17.8. The third-order valence-electron chi connectivity index (χ3n) is 7.84. The van der Waals surface area contributed by atoms with Crippen LogP contribution in [0.4, 0.5) is 5.69 Å². The fourth-order valence-corrected chi connectivity index (χ4v) is 5.65. The van der Waals surface area contributed by atoms with Crippen LogP contribution in [-0.2, 0) is 25.6 Å². The lowest BCUT2D eigenvalue weighted by Gasteiger charge is -2.35. The average molecular weight is 514 g/mol. The Morgan fingerprint density at radius 1 is 1.03 bits per heavy atom. The Balaban J connectivity index is 1.75. The van der Waals surface area contributed by atoms with Crippen molar-refractivity contribution in [2.45, 2.75) is 70.3 Å². The molecule has 2 aromatic carbocycles. The predicted octanol–water partition coefficient (Wildman–Crippen LogP) is 5.12. The number of anilines is 1. The van der Waals surface area contributed by atoms with Crippen molar-refractivity contribution < 1.29 is 33.6 Å². The molecular weight excluding hydrogens is 474 g/mol. The van der Waals surface area contributed by atoms with Crippen molar-refractivity contribution in [2.75, 3.05) is 39.9 Å². The van der Waals surface area contributed by atoms with Crippen LogP contribution in [-0.4, -0.2) is 63.4 Å². The molecule has 0 unspecified atom stereocenters. The normalized spacial score (nSPS) is 21.0. The second-order valence-electron chi connectivity index (χ2n) is 9.96. The highest BCUT2D eigenvalue weighted by Gasteiger charge is 2.40. The highest BCUT2D eigenvalue weighted by atomic mass is 16.5. The first-order valence-electron chi connectivity index (χ1n) is 12.9. The van der Waals surface area contributed by atoms with Gasteiger partial charge in [0.1, 0.15) is 17.0 Å². The predicted molar refractivity (Wildman–Crippen MR) is 142 cm³/mol. The van der Waals surface area contributed by atoms with Crippen molar-refractivity contribution in [1.82, 2.24) is 0 Å². The zero-order valence-electron chi connectivity index (χ0n) is 22.5. The standard InChI is InChI=1S/C29H39NO7/c1-18-23(16-26(34-4)19(2)27(18)35-5)22-10-9-21(30-29(28(31)32)11-13-36-14-12-29)15-20(22)17-37-25-8-6-7-24(25)33-3/h9-10,15-16,24-25,30H,6-8,11-14,17H2,1-5H3,(H,31,32)/t24-,25-/m0/s1. The molecule has 2 aromatic rings. The molecule has 202 valence electrons. The molecule has 37 heavy (non-hydrogen) atoms. The van der Waals surface area contributed by atoms with E-state index in [1.165, 1.54) is 0 Å². The van der Waals surface area contributed by atoms with E-state index in [2.05, 4.69) is 5.32 Å². The van der Waals surface area contributed by atoms with E-state index in [0.717, 1.165) is 64.3 Å². The van der Waals surface area contributed by atoms with Crippen LogP contribution in [0, 0.1) is 13.8 Å². The third kappa shape index (κ3) is 5.56. The van der Waals surface area contributed by atoms with Gasteiger partial charge in [-0.3, -0.25) is 0 Å². The molecule has 0 aromatic heterocycles. The lowest BCUT2D eigenvalue weighted by Crippen LogP contribution is -2.50. The second-order valence-corrected chi connectivity index (χ2v) is 9.96. The zero-order valence-corrected chi connectivity index (χ0v) is 22.5. The van der Waals surface area contributed by atoms with Gasteiger partial charge >= 0.3 is 5.97 Å². The van der Waals surface area contributed by atoms with Gasteiger partial charge in [-0.05, 0) is 73.6 Å². The van der Waals surface area contributed by atoms with Gasteiger partial charge in [0.25, 0.3) is 0 Å². The van der Waals surface area contributed by atoms with Crippen LogP contribution in [0.2, 0.25) is 0 Å². The number of ether oxygens (including phenoxy) is 5. The van der Waals surface area contributed by atoms with Gasteiger partial charge in [0, 0.05) is 44.4 Å². The molecule has 0 amide bonds. The molecule has 1 saturated heterocycles. The highest BCUT2D eigenvalue weighted by Crippen LogP contribution is 2.41. The van der Waals surface area contributed by atoms with Crippen molar-refractivity contribution >= 4 is 11.7 Å². The van der Waals surface area contributed by atoms with E-state index in [4.69, 9.17) is 23.7 Å². The maximum absolute atomic E-state index is 12.3. The molecule has 2 aliphatic rings. The minimum absolute atomic E-state index is 0.0264. The van der Waals surface area contributed by atoms with Gasteiger partial charge in [-0.1, -0.05) is 6.07 Å². The maximum atomic E-state index is 12.3. The van der Waals surface area contributed by atoms with E-state index < -0.39 is 11.5 Å². The monoisotopic (exact) mass is 513 g/mol. The molecule has 2 fully saturated rings. The Labute approximate surface area is 219 Å². The summed E-state index contributed by atoms with van der Waals surface area (Å²) in [6.07, 6.45) is 3.94. The molecular formula is C29H39NO7. The number of nitrogens with one attached hydrogen (secondary N) is 1. The van der Waals surface area contributed by atoms with E-state index in [9.17, 15) is 9.90 Å². The number of carboxylic acids is 1. The highest BCUT2D eigenvalue weighted by molar-refractivity contribution is 5.84. The minimum Gasteiger partial charge on any atom is -0.496 e. The zero-order chi connectivity index (χ0) is 26.6. The van der Waals surface area contributed by atoms with Gasteiger partial charge < -0.3 is 34.1 Å². The number of benzene rings is 2. The molecule has 8 nitrogen and oxygen atoms in total. The van der Waals surface area contributed by atoms with Crippen LogP contribution in [0.5, 0.6) is 11.5 Å². The smallest absolute Gasteiger partial charge is 0.329 e. The van der Waals surface area contributed by atoms with E-state index >= 15 is 0 Å². The van der Waals surface area contributed by atoms with Crippen molar-refractivity contribution in [1.29, 1.82) is 0 Å². The van der Waals surface area contributed by atoms with Gasteiger partial charge in [0.15, 0.2) is 0 Å². The summed E-state index contributed by atoms with van der Waals surface area (Å²) in [6.45, 7) is 5.22. The molecule has 1 aliphatic heterocycles. The van der Waals surface area contributed by atoms with Crippen LogP contribution < -0.4 is 14.8 Å². The third-order valence-corrected chi connectivity index (χ3v) is 7.84. The number of carbonyl (C=O) groups is 1. The number of hydrogen-bond donors (Lipinski definition) is 2. The summed E-state index contributed by atoms with van der Waals surface area (Å²) in [5.74, 6) is 0.662. The number of methoxy groups -OCH3 is 3. The van der Waals surface area contributed by atoms with Crippen molar-refractivity contribution in [3.8, 4) is 22.6 Å². The van der Waals surface area contributed by atoms with Crippen molar-refractivity contribution in [2.24, 2.45) is 0 Å². The maximum Gasteiger partial charge on any atom is 0.329 e. The number of aliphatic carboxylic acids is 1. The molecule has 1 aliphatic carbocycles. The largest absolute Gasteiger partial charge is 0.496 e. The van der Waals surface area contributed by atoms with Gasteiger partial charge in [-0.2, -0.15) is 0 Å². The van der Waals surface area contributed by atoms with E-state index in [0.29, 0.717) is 32.7 Å². The average Bonchev–Trinajstić information content (AvgIpc) is 3.36. The lowest BCUT2D eigenvalue weighted by atomic mass is 9.89. The van der Waals surface area contributed by atoms with Gasteiger partial charge in [-0.25, -0.2) is 4.79 Å². The fraction of sp³-hybridized carbons (Fsp3) is 0.552. The molecule has 0 spiro atoms. The van der Waals surface area contributed by atoms with Gasteiger partial charge in [0.2, 0.25) is 0 Å². The molecule has 2 N–H and O–H groups in total. The first-order valence-corrected chi connectivity index (χ1v) is 12.9. The van der Waals surface area contributed by atoms with Gasteiger partial charge in [-0.15, -0.1) is 0 Å². The quantitative estimate of drug-likeness (QED) is 0.452. The Hall–Kier alpha value is -2.81. The molecule has 4 rings (SSSR count). The van der Waals surface area contributed by atoms with Crippen molar-refractivity contribution in [3.05, 3.63) is 41.0 Å². The molecule has 0 radical (unpaired) electrons. The first kappa shape index (κ1) is 27.2. The summed E-state index contributed by atoms with van der Waals surface area (Å²) >= 11 is 0. The minimum atomic E-state index is -1.06. The van der Waals surface area contributed by atoms with Crippen LogP contribution in [0.3, 0.4) is 0 Å². The summed E-state index contributed by atoms with van der Waals surface area (Å²) in [5, 5.41) is 13.4. The second kappa shape index (κ2) is 11.7. The molecule has 0 bridgehead atoms. The summed E-state index contributed by atoms with van der Waals surface area (Å²) in [6, 6.07) is 7.99. The molecule has 1 heterocycles. The van der Waals surface area contributed by atoms with Crippen molar-refractivity contribution in [3.63, 3.8) is 0 Å². The van der Waals surface area contributed by atoms with Crippen LogP contribution >= 0.6 is 0 Å². The summed E-state index contributed by atoms with van der Waals surface area (Å²) in [5.41, 5.74) is 4.56. The Kier molecular flexibility index (Phi) is 8.62. The summed E-state index contributed by atoms with van der Waals surface area (Å²) in [7, 11) is 5.05. The van der Waals surface area contributed by atoms with Crippen LogP contribution in [0.25, 0.3) is 11.1 Å². The Bertz CT molecular complexity index is 1110.